The van der Waals surface area contributed by atoms with Crippen molar-refractivity contribution in [3.8, 4) is 0 Å². The van der Waals surface area contributed by atoms with Gasteiger partial charge in [0.05, 0.1) is 5.56 Å². The lowest BCUT2D eigenvalue weighted by atomic mass is 10.1. The van der Waals surface area contributed by atoms with Crippen LogP contribution in [0.5, 0.6) is 0 Å². The molecular weight excluding hydrogens is 484 g/mol. The molecule has 0 bridgehead atoms. The highest BCUT2D eigenvalue weighted by atomic mass is 127. The molecule has 0 atom stereocenters. The van der Waals surface area contributed by atoms with Crippen LogP contribution in [-0.4, -0.2) is 24.1 Å². The quantitative estimate of drug-likeness (QED) is 0.260. The van der Waals surface area contributed by atoms with Crippen molar-refractivity contribution in [1.82, 2.24) is 15.2 Å². The van der Waals surface area contributed by atoms with Gasteiger partial charge < -0.3 is 15.2 Å². The van der Waals surface area contributed by atoms with E-state index in [1.54, 1.807) is 23.9 Å². The number of aryl methyl sites for hydroxylation is 1. The largest absolute Gasteiger partial charge is 0.416 e. The number of nitrogens with zero attached hydrogens (tertiary/aromatic N) is 2. The van der Waals surface area contributed by atoms with Crippen molar-refractivity contribution in [1.29, 1.82) is 0 Å². The standard InChI is InChI=1S/C19H23F3N4O.HI/c1-23-18(24-11-3-5-13-26-12-4-2-6-17(26)27)25-14-15-7-9-16(10-8-15)19(20,21)22;/h2,4,6-10,12H,3,5,11,13-14H2,1H3,(H2,23,24,25);1H. The Morgan fingerprint density at radius 3 is 2.39 bits per heavy atom. The van der Waals surface area contributed by atoms with Crippen LogP contribution >= 0.6 is 24.0 Å². The molecule has 1 heterocycles. The Labute approximate surface area is 179 Å². The first-order valence-corrected chi connectivity index (χ1v) is 8.66. The van der Waals surface area contributed by atoms with E-state index in [2.05, 4.69) is 15.6 Å². The zero-order valence-corrected chi connectivity index (χ0v) is 17.8. The molecule has 2 aromatic rings. The Morgan fingerprint density at radius 2 is 1.79 bits per heavy atom. The van der Waals surface area contributed by atoms with E-state index in [9.17, 15) is 18.0 Å². The molecule has 0 aliphatic rings. The highest BCUT2D eigenvalue weighted by Crippen LogP contribution is 2.28. The summed E-state index contributed by atoms with van der Waals surface area (Å²) in [5.41, 5.74) is 0.0557. The molecule has 5 nitrogen and oxygen atoms in total. The lowest BCUT2D eigenvalue weighted by Gasteiger charge is -2.13. The maximum atomic E-state index is 12.6. The number of pyridine rings is 1. The molecule has 0 radical (unpaired) electrons. The van der Waals surface area contributed by atoms with Gasteiger partial charge in [-0.3, -0.25) is 9.79 Å². The average molecular weight is 508 g/mol. The molecule has 1 aromatic heterocycles. The highest BCUT2D eigenvalue weighted by Gasteiger charge is 2.29. The molecule has 9 heteroatoms. The molecule has 154 valence electrons. The van der Waals surface area contributed by atoms with Crippen LogP contribution in [0.15, 0.2) is 58.4 Å². The second kappa shape index (κ2) is 11.7. The van der Waals surface area contributed by atoms with Crippen molar-refractivity contribution in [2.24, 2.45) is 4.99 Å². The minimum absolute atomic E-state index is 0. The molecule has 0 saturated carbocycles. The van der Waals surface area contributed by atoms with Crippen molar-refractivity contribution in [3.05, 3.63) is 70.1 Å². The first kappa shape index (κ1) is 24.0. The third kappa shape index (κ3) is 7.91. The molecule has 0 amide bonds. The number of alkyl halides is 3. The zero-order valence-electron chi connectivity index (χ0n) is 15.5. The molecule has 28 heavy (non-hydrogen) atoms. The van der Waals surface area contributed by atoms with E-state index < -0.39 is 11.7 Å². The summed E-state index contributed by atoms with van der Waals surface area (Å²) >= 11 is 0. The molecule has 0 aliphatic carbocycles. The van der Waals surface area contributed by atoms with Crippen LogP contribution in [0.25, 0.3) is 0 Å². The number of guanidine groups is 1. The first-order valence-electron chi connectivity index (χ1n) is 8.66. The predicted octanol–water partition coefficient (Wildman–Crippen LogP) is 3.63. The van der Waals surface area contributed by atoms with Gasteiger partial charge in [0.25, 0.3) is 0 Å². The van der Waals surface area contributed by atoms with Crippen LogP contribution in [0.2, 0.25) is 0 Å². The fraction of sp³-hybridized carbons (Fsp3) is 0.368. The summed E-state index contributed by atoms with van der Waals surface area (Å²) in [7, 11) is 1.63. The SMILES string of the molecule is CN=C(NCCCCn1ccccc1=O)NCc1ccc(C(F)(F)F)cc1.I. The molecule has 0 fully saturated rings. The molecule has 2 N–H and O–H groups in total. The number of halogens is 4. The van der Waals surface area contributed by atoms with Crippen molar-refractivity contribution in [3.63, 3.8) is 0 Å². The number of aliphatic imine (C=N–C) groups is 1. The van der Waals surface area contributed by atoms with Crippen molar-refractivity contribution in [2.75, 3.05) is 13.6 Å². The number of aromatic nitrogens is 1. The smallest absolute Gasteiger partial charge is 0.356 e. The van der Waals surface area contributed by atoms with Crippen LogP contribution in [0.3, 0.4) is 0 Å². The lowest BCUT2D eigenvalue weighted by molar-refractivity contribution is -0.137. The summed E-state index contributed by atoms with van der Waals surface area (Å²) in [6, 6.07) is 10.1. The minimum Gasteiger partial charge on any atom is -0.356 e. The van der Waals surface area contributed by atoms with Crippen molar-refractivity contribution >= 4 is 29.9 Å². The Balaban J connectivity index is 0.00000392. The van der Waals surface area contributed by atoms with E-state index >= 15 is 0 Å². The number of hydrogen-bond acceptors (Lipinski definition) is 2. The Hall–Kier alpha value is -2.04. The summed E-state index contributed by atoms with van der Waals surface area (Å²) < 4.78 is 39.3. The summed E-state index contributed by atoms with van der Waals surface area (Å²) in [6.07, 6.45) is -0.871. The molecule has 1 aromatic carbocycles. The van der Waals surface area contributed by atoms with Crippen LogP contribution in [0.4, 0.5) is 13.2 Å². The number of unbranched alkanes of at least 4 members (excludes halogenated alkanes) is 1. The molecule has 0 aliphatic heterocycles. The lowest BCUT2D eigenvalue weighted by Crippen LogP contribution is -2.37. The van der Waals surface area contributed by atoms with Gasteiger partial charge in [-0.25, -0.2) is 0 Å². The summed E-state index contributed by atoms with van der Waals surface area (Å²) in [5, 5.41) is 6.21. The van der Waals surface area contributed by atoms with Crippen LogP contribution in [-0.2, 0) is 19.3 Å². The fourth-order valence-corrected chi connectivity index (χ4v) is 2.48. The number of nitrogens with one attached hydrogen (secondary N) is 2. The van der Waals surface area contributed by atoms with E-state index in [4.69, 9.17) is 0 Å². The monoisotopic (exact) mass is 508 g/mol. The number of rotatable bonds is 7. The van der Waals surface area contributed by atoms with Gasteiger partial charge in [-0.1, -0.05) is 18.2 Å². The number of hydrogen-bond donors (Lipinski definition) is 2. The van der Waals surface area contributed by atoms with Gasteiger partial charge in [-0.2, -0.15) is 13.2 Å². The third-order valence-electron chi connectivity index (χ3n) is 3.98. The molecule has 0 saturated heterocycles. The average Bonchev–Trinajstić information content (AvgIpc) is 2.65. The van der Waals surface area contributed by atoms with E-state index in [0.717, 1.165) is 30.5 Å². The van der Waals surface area contributed by atoms with Crippen LogP contribution in [0.1, 0.15) is 24.0 Å². The Kier molecular flexibility index (Phi) is 10.0. The van der Waals surface area contributed by atoms with Gasteiger partial charge in [-0.15, -0.1) is 24.0 Å². The molecule has 2 rings (SSSR count). The van der Waals surface area contributed by atoms with Gasteiger partial charge >= 0.3 is 6.18 Å². The predicted molar refractivity (Wildman–Crippen MR) is 115 cm³/mol. The van der Waals surface area contributed by atoms with Gasteiger partial charge in [0.15, 0.2) is 5.96 Å². The summed E-state index contributed by atoms with van der Waals surface area (Å²) in [6.45, 7) is 1.70. The van der Waals surface area contributed by atoms with Gasteiger partial charge in [0.2, 0.25) is 5.56 Å². The minimum atomic E-state index is -4.32. The Morgan fingerprint density at radius 1 is 1.07 bits per heavy atom. The fourth-order valence-electron chi connectivity index (χ4n) is 2.48. The van der Waals surface area contributed by atoms with E-state index in [-0.39, 0.29) is 29.5 Å². The first-order chi connectivity index (χ1) is 12.9. The molecule has 0 unspecified atom stereocenters. The molecular formula is C19H24F3IN4O. The van der Waals surface area contributed by atoms with E-state index in [1.807, 2.05) is 6.07 Å². The molecule has 0 spiro atoms. The number of benzene rings is 1. The van der Waals surface area contributed by atoms with E-state index in [1.165, 1.54) is 18.2 Å². The topological polar surface area (TPSA) is 58.4 Å². The summed E-state index contributed by atoms with van der Waals surface area (Å²) in [4.78, 5) is 15.7. The summed E-state index contributed by atoms with van der Waals surface area (Å²) in [5.74, 6) is 0.576. The maximum Gasteiger partial charge on any atom is 0.416 e. The van der Waals surface area contributed by atoms with E-state index in [0.29, 0.717) is 25.6 Å². The van der Waals surface area contributed by atoms with Gasteiger partial charge in [0.1, 0.15) is 0 Å². The Bertz CT molecular complexity index is 804. The second-order valence-corrected chi connectivity index (χ2v) is 5.99. The van der Waals surface area contributed by atoms with Crippen molar-refractivity contribution in [2.45, 2.75) is 32.1 Å². The van der Waals surface area contributed by atoms with Gasteiger partial charge in [-0.05, 0) is 36.6 Å². The third-order valence-corrected chi connectivity index (χ3v) is 3.98. The maximum absolute atomic E-state index is 12.6. The normalized spacial score (nSPS) is 11.6. The second-order valence-electron chi connectivity index (χ2n) is 5.99. The van der Waals surface area contributed by atoms with Gasteiger partial charge in [0, 0.05) is 38.9 Å². The van der Waals surface area contributed by atoms with Crippen LogP contribution < -0.4 is 16.2 Å². The highest BCUT2D eigenvalue weighted by molar-refractivity contribution is 14.0. The zero-order chi connectivity index (χ0) is 19.7. The van der Waals surface area contributed by atoms with Crippen LogP contribution in [0, 0.1) is 0 Å². The van der Waals surface area contributed by atoms with Crippen molar-refractivity contribution < 1.29 is 13.2 Å².